The van der Waals surface area contributed by atoms with Crippen molar-refractivity contribution in [2.45, 2.75) is 13.3 Å². The van der Waals surface area contributed by atoms with E-state index in [4.69, 9.17) is 4.74 Å². The van der Waals surface area contributed by atoms with Gasteiger partial charge in [0.2, 0.25) is 5.91 Å². The molecule has 0 saturated heterocycles. The lowest BCUT2D eigenvalue weighted by molar-refractivity contribution is -0.115. The van der Waals surface area contributed by atoms with E-state index in [1.807, 2.05) is 48.0 Å². The zero-order chi connectivity index (χ0) is 18.0. The molecule has 0 unspecified atom stereocenters. The Bertz CT molecular complexity index is 1010. The molecule has 0 aliphatic rings. The summed E-state index contributed by atoms with van der Waals surface area (Å²) >= 11 is 0. The number of nitrogens with one attached hydrogen (secondary N) is 1. The number of anilines is 1. The average molecular weight is 336 g/mol. The number of carbonyl (C=O) groups is 1. The number of ether oxygens (including phenoxy) is 1. The van der Waals surface area contributed by atoms with E-state index in [9.17, 15) is 9.59 Å². The van der Waals surface area contributed by atoms with Gasteiger partial charge in [0.05, 0.1) is 18.2 Å². The zero-order valence-electron chi connectivity index (χ0n) is 14.5. The Morgan fingerprint density at radius 3 is 2.64 bits per heavy atom. The van der Waals surface area contributed by atoms with Crippen molar-refractivity contribution in [1.29, 1.82) is 0 Å². The van der Waals surface area contributed by atoms with Crippen LogP contribution in [0.5, 0.6) is 5.75 Å². The summed E-state index contributed by atoms with van der Waals surface area (Å²) in [5.41, 5.74) is 1.82. The number of hydrogen-bond donors (Lipinski definition) is 1. The Kier molecular flexibility index (Phi) is 4.57. The summed E-state index contributed by atoms with van der Waals surface area (Å²) in [6, 6.07) is 14.7. The van der Waals surface area contributed by atoms with Gasteiger partial charge in [0, 0.05) is 18.9 Å². The van der Waals surface area contributed by atoms with E-state index in [1.54, 1.807) is 26.2 Å². The molecule has 5 nitrogen and oxygen atoms in total. The Labute approximate surface area is 145 Å². The highest BCUT2D eigenvalue weighted by Gasteiger charge is 2.18. The van der Waals surface area contributed by atoms with Gasteiger partial charge in [-0.3, -0.25) is 9.59 Å². The third-order valence-corrected chi connectivity index (χ3v) is 4.25. The van der Waals surface area contributed by atoms with Gasteiger partial charge in [-0.25, -0.2) is 0 Å². The third-order valence-electron chi connectivity index (χ3n) is 4.25. The number of fused-ring (bicyclic) bond motifs is 1. The van der Waals surface area contributed by atoms with Gasteiger partial charge in [0.25, 0.3) is 0 Å². The molecule has 0 fully saturated rings. The van der Waals surface area contributed by atoms with Gasteiger partial charge in [-0.1, -0.05) is 31.2 Å². The van der Waals surface area contributed by atoms with Crippen molar-refractivity contribution >= 4 is 22.6 Å². The monoisotopic (exact) mass is 336 g/mol. The molecule has 2 aromatic carbocycles. The molecule has 3 rings (SSSR count). The predicted molar refractivity (Wildman–Crippen MR) is 100 cm³/mol. The summed E-state index contributed by atoms with van der Waals surface area (Å²) in [6.07, 6.45) is 0.332. The first-order chi connectivity index (χ1) is 12.1. The fourth-order valence-electron chi connectivity index (χ4n) is 2.90. The molecule has 0 bridgehead atoms. The molecule has 0 aliphatic carbocycles. The van der Waals surface area contributed by atoms with Crippen LogP contribution in [0.2, 0.25) is 0 Å². The van der Waals surface area contributed by atoms with Crippen LogP contribution in [0, 0.1) is 0 Å². The number of aryl methyl sites for hydroxylation is 1. The molecule has 0 aliphatic heterocycles. The second-order valence-electron chi connectivity index (χ2n) is 5.76. The van der Waals surface area contributed by atoms with Crippen LogP contribution in [0.15, 0.2) is 53.3 Å². The van der Waals surface area contributed by atoms with Crippen molar-refractivity contribution in [3.8, 4) is 16.9 Å². The number of benzene rings is 2. The maximum Gasteiger partial charge on any atom is 0.225 e. The number of amides is 1. The predicted octanol–water partition coefficient (Wildman–Crippen LogP) is 3.56. The molecule has 0 radical (unpaired) electrons. The summed E-state index contributed by atoms with van der Waals surface area (Å²) in [7, 11) is 3.42. The Balaban J connectivity index is 2.38. The first-order valence-electron chi connectivity index (χ1n) is 8.12. The van der Waals surface area contributed by atoms with Gasteiger partial charge in [0.15, 0.2) is 5.43 Å². The Hall–Kier alpha value is -3.08. The van der Waals surface area contributed by atoms with Gasteiger partial charge in [-0.15, -0.1) is 0 Å². The molecule has 25 heavy (non-hydrogen) atoms. The van der Waals surface area contributed by atoms with Crippen LogP contribution in [0.4, 0.5) is 5.82 Å². The number of nitrogens with zero attached hydrogens (tertiary/aromatic N) is 1. The molecule has 0 spiro atoms. The van der Waals surface area contributed by atoms with E-state index in [-0.39, 0.29) is 11.3 Å². The van der Waals surface area contributed by atoms with Crippen molar-refractivity contribution in [2.75, 3.05) is 12.4 Å². The Morgan fingerprint density at radius 2 is 1.92 bits per heavy atom. The van der Waals surface area contributed by atoms with Crippen LogP contribution in [-0.2, 0) is 11.8 Å². The van der Waals surface area contributed by atoms with Crippen LogP contribution < -0.4 is 15.5 Å². The number of rotatable bonds is 4. The summed E-state index contributed by atoms with van der Waals surface area (Å²) < 4.78 is 7.13. The van der Waals surface area contributed by atoms with Gasteiger partial charge in [0.1, 0.15) is 11.6 Å². The molecule has 5 heteroatoms. The number of methoxy groups -OCH3 is 1. The number of para-hydroxylation sites is 1. The van der Waals surface area contributed by atoms with Crippen LogP contribution in [0.25, 0.3) is 22.0 Å². The SMILES string of the molecule is CCC(=O)Nc1c(-c2cccc(OC)c2)c(=O)c2ccccc2n1C. The van der Waals surface area contributed by atoms with E-state index < -0.39 is 0 Å². The zero-order valence-corrected chi connectivity index (χ0v) is 14.5. The van der Waals surface area contributed by atoms with Gasteiger partial charge < -0.3 is 14.6 Å². The van der Waals surface area contributed by atoms with Gasteiger partial charge in [-0.2, -0.15) is 0 Å². The van der Waals surface area contributed by atoms with Gasteiger partial charge in [-0.05, 0) is 29.8 Å². The molecule has 3 aromatic rings. The first kappa shape index (κ1) is 16.8. The summed E-state index contributed by atoms with van der Waals surface area (Å²) in [4.78, 5) is 25.2. The minimum Gasteiger partial charge on any atom is -0.497 e. The van der Waals surface area contributed by atoms with Crippen molar-refractivity contribution < 1.29 is 9.53 Å². The molecule has 1 N–H and O–H groups in total. The van der Waals surface area contributed by atoms with E-state index in [0.717, 1.165) is 5.52 Å². The molecule has 1 aromatic heterocycles. The standard InChI is InChI=1S/C20H20N2O3/c1-4-17(23)21-20-18(13-8-7-9-14(12-13)25-3)19(24)15-10-5-6-11-16(15)22(20)2/h5-12H,4H2,1-3H3,(H,21,23). The van der Waals surface area contributed by atoms with E-state index >= 15 is 0 Å². The third kappa shape index (κ3) is 3.01. The minimum atomic E-state index is -0.144. The van der Waals surface area contributed by atoms with Crippen molar-refractivity contribution in [1.82, 2.24) is 4.57 Å². The van der Waals surface area contributed by atoms with Crippen LogP contribution in [0.3, 0.4) is 0 Å². The Morgan fingerprint density at radius 1 is 1.16 bits per heavy atom. The summed E-state index contributed by atoms with van der Waals surface area (Å²) in [5.74, 6) is 0.999. The lowest BCUT2D eigenvalue weighted by Gasteiger charge is -2.18. The molecular formula is C20H20N2O3. The normalized spacial score (nSPS) is 10.7. The fourth-order valence-corrected chi connectivity index (χ4v) is 2.90. The summed E-state index contributed by atoms with van der Waals surface area (Å²) in [6.45, 7) is 1.78. The van der Waals surface area contributed by atoms with Crippen molar-refractivity contribution in [2.24, 2.45) is 7.05 Å². The van der Waals surface area contributed by atoms with Crippen LogP contribution >= 0.6 is 0 Å². The smallest absolute Gasteiger partial charge is 0.225 e. The molecule has 0 saturated carbocycles. The molecule has 1 amide bonds. The quantitative estimate of drug-likeness (QED) is 0.792. The van der Waals surface area contributed by atoms with Crippen LogP contribution in [0.1, 0.15) is 13.3 Å². The first-order valence-corrected chi connectivity index (χ1v) is 8.12. The van der Waals surface area contributed by atoms with E-state index in [1.165, 1.54) is 0 Å². The average Bonchev–Trinajstić information content (AvgIpc) is 2.66. The highest BCUT2D eigenvalue weighted by molar-refractivity contribution is 5.98. The number of hydrogen-bond acceptors (Lipinski definition) is 3. The van der Waals surface area contributed by atoms with Crippen molar-refractivity contribution in [3.63, 3.8) is 0 Å². The lowest BCUT2D eigenvalue weighted by atomic mass is 10.0. The second-order valence-corrected chi connectivity index (χ2v) is 5.76. The molecule has 0 atom stereocenters. The van der Waals surface area contributed by atoms with E-state index in [2.05, 4.69) is 5.32 Å². The number of pyridine rings is 1. The minimum absolute atomic E-state index is 0.117. The van der Waals surface area contributed by atoms with E-state index in [0.29, 0.717) is 34.5 Å². The van der Waals surface area contributed by atoms with Crippen molar-refractivity contribution in [3.05, 3.63) is 58.8 Å². The summed E-state index contributed by atoms with van der Waals surface area (Å²) in [5, 5.41) is 3.49. The highest BCUT2D eigenvalue weighted by Crippen LogP contribution is 2.30. The topological polar surface area (TPSA) is 60.3 Å². The fraction of sp³-hybridized carbons (Fsp3) is 0.200. The second kappa shape index (κ2) is 6.81. The van der Waals surface area contributed by atoms with Crippen LogP contribution in [-0.4, -0.2) is 17.6 Å². The molecule has 1 heterocycles. The number of carbonyl (C=O) groups excluding carboxylic acids is 1. The highest BCUT2D eigenvalue weighted by atomic mass is 16.5. The largest absolute Gasteiger partial charge is 0.497 e. The van der Waals surface area contributed by atoms with Gasteiger partial charge >= 0.3 is 0 Å². The lowest BCUT2D eigenvalue weighted by Crippen LogP contribution is -2.20. The molecule has 128 valence electrons. The molecular weight excluding hydrogens is 316 g/mol. The number of aromatic nitrogens is 1. The maximum atomic E-state index is 13.2. The maximum absolute atomic E-state index is 13.2.